The van der Waals surface area contributed by atoms with Gasteiger partial charge in [0.05, 0.1) is 34.9 Å². The van der Waals surface area contributed by atoms with E-state index in [9.17, 15) is 19.1 Å². The van der Waals surface area contributed by atoms with Crippen molar-refractivity contribution >= 4 is 33.4 Å². The third kappa shape index (κ3) is 3.24. The van der Waals surface area contributed by atoms with Crippen molar-refractivity contribution in [2.24, 2.45) is 0 Å². The second-order valence-corrected chi connectivity index (χ2v) is 10.1. The average Bonchev–Trinajstić information content (AvgIpc) is 2.95. The highest BCUT2D eigenvalue weighted by atomic mass is 32.2. The lowest BCUT2D eigenvalue weighted by Gasteiger charge is -2.51. The lowest BCUT2D eigenvalue weighted by atomic mass is 9.63. The Hall–Kier alpha value is -3.24. The van der Waals surface area contributed by atoms with Crippen LogP contribution in [0.4, 0.5) is 8.78 Å². The van der Waals surface area contributed by atoms with E-state index in [0.717, 1.165) is 23.9 Å². The standard InChI is InChI=1S/C24H17B2F2N3O4S/c25-24(26)18-13(5-6-14(27)19(18)28)20(12-3-1-2-4-16(12)36-24)31-17-11-35-10-9-29(17)23(34)21-22(33)15(32)7-8-30(21)31/h1-8,17,20,33H,9-11H2/t17-,20-/m1/s1. The van der Waals surface area contributed by atoms with Gasteiger partial charge in [-0.3, -0.25) is 19.3 Å². The van der Waals surface area contributed by atoms with Crippen LogP contribution in [0.25, 0.3) is 0 Å². The van der Waals surface area contributed by atoms with E-state index in [1.165, 1.54) is 21.8 Å². The Morgan fingerprint density at radius 3 is 2.67 bits per heavy atom. The lowest BCUT2D eigenvalue weighted by Crippen LogP contribution is -2.66. The summed E-state index contributed by atoms with van der Waals surface area (Å²) in [5.41, 5.74) is -0.224. The number of morpholine rings is 1. The molecule has 4 radical (unpaired) electrons. The Kier molecular flexibility index (Phi) is 5.24. The third-order valence-electron chi connectivity index (χ3n) is 6.74. The van der Waals surface area contributed by atoms with Crippen molar-refractivity contribution in [3.05, 3.63) is 92.9 Å². The van der Waals surface area contributed by atoms with Crippen molar-refractivity contribution in [2.45, 2.75) is 21.6 Å². The summed E-state index contributed by atoms with van der Waals surface area (Å²) in [5, 5.41) is 12.4. The van der Waals surface area contributed by atoms with Gasteiger partial charge in [0.2, 0.25) is 5.43 Å². The van der Waals surface area contributed by atoms with Crippen LogP contribution in [-0.2, 0) is 9.28 Å². The molecule has 12 heteroatoms. The van der Waals surface area contributed by atoms with Crippen molar-refractivity contribution in [1.29, 1.82) is 0 Å². The van der Waals surface area contributed by atoms with Crippen LogP contribution in [0.15, 0.2) is 58.4 Å². The predicted molar refractivity (Wildman–Crippen MR) is 130 cm³/mol. The number of pyridine rings is 1. The molecule has 3 aliphatic rings. The molecule has 4 heterocycles. The molecule has 0 spiro atoms. The maximum absolute atomic E-state index is 15.4. The number of aromatic nitrogens is 1. The number of carbonyl (C=O) groups is 1. The molecule has 7 nitrogen and oxygen atoms in total. The maximum Gasteiger partial charge on any atom is 0.278 e. The summed E-state index contributed by atoms with van der Waals surface area (Å²) in [6.07, 6.45) is 0.673. The van der Waals surface area contributed by atoms with Gasteiger partial charge in [-0.05, 0) is 33.4 Å². The molecule has 1 amide bonds. The normalized spacial score (nSPS) is 22.2. The number of halogens is 2. The third-order valence-corrected chi connectivity index (χ3v) is 7.88. The first-order chi connectivity index (χ1) is 17.2. The van der Waals surface area contributed by atoms with E-state index >= 15 is 4.39 Å². The minimum Gasteiger partial charge on any atom is -0.502 e. The number of hydrogen-bond donors (Lipinski definition) is 1. The summed E-state index contributed by atoms with van der Waals surface area (Å²) in [4.78, 5) is 27.8. The number of hydrogen-bond acceptors (Lipinski definition) is 6. The van der Waals surface area contributed by atoms with E-state index in [-0.39, 0.29) is 36.6 Å². The monoisotopic (exact) mass is 503 g/mol. The number of amides is 1. The molecule has 1 aromatic heterocycles. The van der Waals surface area contributed by atoms with Gasteiger partial charge in [0, 0.05) is 23.7 Å². The van der Waals surface area contributed by atoms with Crippen LogP contribution in [0.5, 0.6) is 5.75 Å². The largest absolute Gasteiger partial charge is 0.502 e. The van der Waals surface area contributed by atoms with Crippen LogP contribution < -0.4 is 10.4 Å². The van der Waals surface area contributed by atoms with Gasteiger partial charge in [0.25, 0.3) is 5.91 Å². The van der Waals surface area contributed by atoms with Gasteiger partial charge in [0.1, 0.15) is 6.17 Å². The smallest absolute Gasteiger partial charge is 0.278 e. The minimum atomic E-state index is -1.82. The van der Waals surface area contributed by atoms with Crippen LogP contribution in [0, 0.1) is 11.6 Å². The molecule has 6 rings (SSSR count). The number of aromatic hydroxyl groups is 1. The van der Waals surface area contributed by atoms with Gasteiger partial charge in [0.15, 0.2) is 23.1 Å². The highest BCUT2D eigenvalue weighted by molar-refractivity contribution is 8.02. The summed E-state index contributed by atoms with van der Waals surface area (Å²) in [5.74, 6) is -3.51. The highest BCUT2D eigenvalue weighted by Gasteiger charge is 2.47. The first-order valence-electron chi connectivity index (χ1n) is 11.2. The zero-order valence-corrected chi connectivity index (χ0v) is 19.5. The number of nitrogens with zero attached hydrogens (tertiary/aromatic N) is 3. The van der Waals surface area contributed by atoms with E-state index in [1.807, 2.05) is 6.07 Å². The molecule has 3 aromatic rings. The SMILES string of the molecule is [B]C1([B])Sc2ccccc2[C@@H](N2[C@@H]3COCCN3C(=O)c3c(O)c(=O)ccn32)c2ccc(F)c(F)c21. The molecule has 0 bridgehead atoms. The van der Waals surface area contributed by atoms with Crippen molar-refractivity contribution in [2.75, 3.05) is 24.8 Å². The quantitative estimate of drug-likeness (QED) is 0.512. The summed E-state index contributed by atoms with van der Waals surface area (Å²) in [6.45, 7) is 0.559. The topological polar surface area (TPSA) is 75.0 Å². The van der Waals surface area contributed by atoms with Crippen LogP contribution >= 0.6 is 11.8 Å². The second kappa shape index (κ2) is 8.14. The first-order valence-corrected chi connectivity index (χ1v) is 12.0. The van der Waals surface area contributed by atoms with Gasteiger partial charge in [-0.2, -0.15) is 0 Å². The summed E-state index contributed by atoms with van der Waals surface area (Å²) in [6, 6.07) is 9.86. The maximum atomic E-state index is 15.4. The Labute approximate surface area is 211 Å². The molecule has 0 aliphatic carbocycles. The van der Waals surface area contributed by atoms with Crippen molar-refractivity contribution in [1.82, 2.24) is 9.58 Å². The predicted octanol–water partition coefficient (Wildman–Crippen LogP) is 1.92. The van der Waals surface area contributed by atoms with E-state index in [4.69, 9.17) is 20.4 Å². The second-order valence-electron chi connectivity index (χ2n) is 8.82. The Balaban J connectivity index is 1.71. The number of rotatable bonds is 1. The van der Waals surface area contributed by atoms with Crippen LogP contribution in [0.2, 0.25) is 0 Å². The Bertz CT molecular complexity index is 1480. The molecule has 1 saturated heterocycles. The van der Waals surface area contributed by atoms with E-state index in [0.29, 0.717) is 10.5 Å². The van der Waals surface area contributed by atoms with Gasteiger partial charge in [-0.25, -0.2) is 8.78 Å². The molecule has 1 N–H and O–H groups in total. The number of ether oxygens (including phenoxy) is 1. The molecular weight excluding hydrogens is 486 g/mol. The van der Waals surface area contributed by atoms with Gasteiger partial charge < -0.3 is 14.7 Å². The summed E-state index contributed by atoms with van der Waals surface area (Å²) < 4.78 is 35.1. The molecule has 2 aromatic carbocycles. The summed E-state index contributed by atoms with van der Waals surface area (Å²) in [7, 11) is 12.8. The molecular formula is C24H17B2F2N3O4S. The lowest BCUT2D eigenvalue weighted by molar-refractivity contribution is -0.0197. The molecule has 36 heavy (non-hydrogen) atoms. The highest BCUT2D eigenvalue weighted by Crippen LogP contribution is 2.50. The molecule has 3 aliphatic heterocycles. The van der Waals surface area contributed by atoms with E-state index in [2.05, 4.69) is 0 Å². The molecule has 1 fully saturated rings. The fourth-order valence-electron chi connectivity index (χ4n) is 5.21. The number of fused-ring (bicyclic) bond motifs is 4. The molecule has 0 saturated carbocycles. The number of carbonyl (C=O) groups excluding carboxylic acids is 1. The zero-order valence-electron chi connectivity index (χ0n) is 18.7. The van der Waals surface area contributed by atoms with Gasteiger partial charge in [-0.15, -0.1) is 11.8 Å². The van der Waals surface area contributed by atoms with Crippen molar-refractivity contribution < 1.29 is 23.4 Å². The zero-order chi connectivity index (χ0) is 25.4. The van der Waals surface area contributed by atoms with Gasteiger partial charge >= 0.3 is 0 Å². The fourth-order valence-corrected chi connectivity index (χ4v) is 6.32. The first kappa shape index (κ1) is 23.2. The van der Waals surface area contributed by atoms with Gasteiger partial charge in [-0.1, -0.05) is 24.3 Å². The Morgan fingerprint density at radius 1 is 1.08 bits per heavy atom. The summed E-state index contributed by atoms with van der Waals surface area (Å²) >= 11 is 0.987. The van der Waals surface area contributed by atoms with Crippen LogP contribution in [0.1, 0.15) is 33.2 Å². The fraction of sp³-hybridized carbons (Fsp3) is 0.250. The molecule has 178 valence electrons. The Morgan fingerprint density at radius 2 is 1.86 bits per heavy atom. The van der Waals surface area contributed by atoms with E-state index < -0.39 is 45.5 Å². The number of benzene rings is 2. The molecule has 0 unspecified atom stereocenters. The van der Waals surface area contributed by atoms with Crippen molar-refractivity contribution in [3.8, 4) is 5.75 Å². The number of thioether (sulfide) groups is 1. The minimum absolute atomic E-state index is 0.0965. The van der Waals surface area contributed by atoms with Crippen LogP contribution in [0.3, 0.4) is 0 Å². The van der Waals surface area contributed by atoms with E-state index in [1.54, 1.807) is 23.2 Å². The van der Waals surface area contributed by atoms with Crippen LogP contribution in [-0.4, -0.2) is 62.2 Å². The average molecular weight is 503 g/mol. The molecule has 2 atom stereocenters. The van der Waals surface area contributed by atoms with Crippen molar-refractivity contribution in [3.63, 3.8) is 0 Å².